The van der Waals surface area contributed by atoms with E-state index in [1.807, 2.05) is 5.38 Å². The van der Waals surface area contributed by atoms with Gasteiger partial charge in [-0.1, -0.05) is 13.0 Å². The fraction of sp³-hybridized carbons (Fsp3) is 0.400. The fourth-order valence-corrected chi connectivity index (χ4v) is 5.26. The molecule has 28 heavy (non-hydrogen) atoms. The van der Waals surface area contributed by atoms with Gasteiger partial charge < -0.3 is 5.32 Å². The molecule has 2 heterocycles. The quantitative estimate of drug-likeness (QED) is 0.691. The van der Waals surface area contributed by atoms with E-state index in [1.165, 1.54) is 27.8 Å². The number of amides is 1. The summed E-state index contributed by atoms with van der Waals surface area (Å²) in [6, 6.07) is 9.74. The molecule has 1 amide bonds. The van der Waals surface area contributed by atoms with Crippen LogP contribution < -0.4 is 5.32 Å². The molecule has 8 heteroatoms. The van der Waals surface area contributed by atoms with Crippen LogP contribution in [-0.2, 0) is 14.8 Å². The summed E-state index contributed by atoms with van der Waals surface area (Å²) in [7, 11) is -3.50. The van der Waals surface area contributed by atoms with Crippen LogP contribution in [0.15, 0.2) is 46.7 Å². The number of nitrogens with one attached hydrogen (secondary N) is 1. The third-order valence-electron chi connectivity index (χ3n) is 4.89. The van der Waals surface area contributed by atoms with E-state index >= 15 is 0 Å². The number of Topliss-reactive ketones (excluding diaryl/α,β-unsaturated/α-hetero) is 1. The first-order valence-corrected chi connectivity index (χ1v) is 11.6. The lowest BCUT2D eigenvalue weighted by Gasteiger charge is -2.29. The molecule has 0 unspecified atom stereocenters. The molecule has 150 valence electrons. The number of sulfonamides is 1. The Morgan fingerprint density at radius 1 is 1.11 bits per heavy atom. The summed E-state index contributed by atoms with van der Waals surface area (Å²) in [5.74, 6) is 0.226. The standard InChI is InChI=1S/C20H24N2O4S2/c1-15-10-12-22(13-11-15)28(25,26)17-6-4-16(5-7-17)21-20(24)9-8-18(23)19-3-2-14-27-19/h2-7,14-15H,8-13H2,1H3,(H,21,24). The Balaban J connectivity index is 1.55. The minimum absolute atomic E-state index is 0.0533. The van der Waals surface area contributed by atoms with Crippen molar-refractivity contribution < 1.29 is 18.0 Å². The molecule has 3 rings (SSSR count). The molecule has 2 aromatic rings. The maximum Gasteiger partial charge on any atom is 0.243 e. The van der Waals surface area contributed by atoms with Gasteiger partial charge in [-0.3, -0.25) is 9.59 Å². The zero-order valence-corrected chi connectivity index (χ0v) is 17.4. The topological polar surface area (TPSA) is 83.6 Å². The van der Waals surface area contributed by atoms with E-state index in [1.54, 1.807) is 24.3 Å². The number of rotatable bonds is 7. The highest BCUT2D eigenvalue weighted by Crippen LogP contribution is 2.24. The maximum atomic E-state index is 12.7. The fourth-order valence-electron chi connectivity index (χ4n) is 3.10. The van der Waals surface area contributed by atoms with Crippen molar-refractivity contribution in [2.24, 2.45) is 5.92 Å². The summed E-state index contributed by atoms with van der Waals surface area (Å²) in [5.41, 5.74) is 0.514. The van der Waals surface area contributed by atoms with Crippen LogP contribution in [0.2, 0.25) is 0 Å². The minimum Gasteiger partial charge on any atom is -0.326 e. The average molecular weight is 421 g/mol. The van der Waals surface area contributed by atoms with E-state index in [9.17, 15) is 18.0 Å². The van der Waals surface area contributed by atoms with Gasteiger partial charge in [-0.15, -0.1) is 11.3 Å². The van der Waals surface area contributed by atoms with Crippen LogP contribution in [-0.4, -0.2) is 37.5 Å². The van der Waals surface area contributed by atoms with E-state index < -0.39 is 10.0 Å². The zero-order chi connectivity index (χ0) is 20.1. The van der Waals surface area contributed by atoms with E-state index in [2.05, 4.69) is 12.2 Å². The van der Waals surface area contributed by atoms with Crippen molar-refractivity contribution in [3.05, 3.63) is 46.7 Å². The van der Waals surface area contributed by atoms with Gasteiger partial charge in [0, 0.05) is 31.6 Å². The Morgan fingerprint density at radius 2 is 1.79 bits per heavy atom. The largest absolute Gasteiger partial charge is 0.326 e. The van der Waals surface area contributed by atoms with Gasteiger partial charge in [-0.2, -0.15) is 4.31 Å². The van der Waals surface area contributed by atoms with Crippen LogP contribution in [0, 0.1) is 5.92 Å². The molecule has 0 aliphatic carbocycles. The molecule has 0 radical (unpaired) electrons. The van der Waals surface area contributed by atoms with Crippen LogP contribution in [0.1, 0.15) is 42.3 Å². The summed E-state index contributed by atoms with van der Waals surface area (Å²) in [6.45, 7) is 3.22. The molecule has 1 aromatic carbocycles. The van der Waals surface area contributed by atoms with E-state index in [0.29, 0.717) is 29.6 Å². The average Bonchev–Trinajstić information content (AvgIpc) is 3.22. The number of benzene rings is 1. The van der Waals surface area contributed by atoms with Gasteiger partial charge >= 0.3 is 0 Å². The highest BCUT2D eigenvalue weighted by Gasteiger charge is 2.27. The third kappa shape index (κ3) is 5.06. The summed E-state index contributed by atoms with van der Waals surface area (Å²) >= 11 is 1.36. The number of hydrogen-bond acceptors (Lipinski definition) is 5. The zero-order valence-electron chi connectivity index (χ0n) is 15.8. The van der Waals surface area contributed by atoms with Gasteiger partial charge in [-0.25, -0.2) is 8.42 Å². The minimum atomic E-state index is -3.50. The number of anilines is 1. The molecule has 0 saturated carbocycles. The summed E-state index contributed by atoms with van der Waals surface area (Å²) in [4.78, 5) is 24.9. The van der Waals surface area contributed by atoms with Crippen molar-refractivity contribution in [1.82, 2.24) is 4.31 Å². The third-order valence-corrected chi connectivity index (χ3v) is 7.72. The lowest BCUT2D eigenvalue weighted by Crippen LogP contribution is -2.37. The van der Waals surface area contributed by atoms with E-state index in [-0.39, 0.29) is 29.4 Å². The Hall–Kier alpha value is -2.03. The molecule has 1 fully saturated rings. The number of thiophene rings is 1. The van der Waals surface area contributed by atoms with Gasteiger partial charge in [0.15, 0.2) is 5.78 Å². The molecular weight excluding hydrogens is 396 g/mol. The smallest absolute Gasteiger partial charge is 0.243 e. The van der Waals surface area contributed by atoms with Crippen LogP contribution in [0.5, 0.6) is 0 Å². The van der Waals surface area contributed by atoms with Crippen LogP contribution in [0.25, 0.3) is 0 Å². The Kier molecular flexibility index (Phi) is 6.64. The Bertz CT molecular complexity index is 914. The highest BCUT2D eigenvalue weighted by molar-refractivity contribution is 7.89. The number of carbonyl (C=O) groups excluding carboxylic acids is 2. The van der Waals surface area contributed by atoms with Crippen molar-refractivity contribution in [3.8, 4) is 0 Å². The van der Waals surface area contributed by atoms with Gasteiger partial charge in [-0.05, 0) is 54.5 Å². The lowest BCUT2D eigenvalue weighted by molar-refractivity contribution is -0.116. The SMILES string of the molecule is CC1CCN(S(=O)(=O)c2ccc(NC(=O)CCC(=O)c3cccs3)cc2)CC1. The van der Waals surface area contributed by atoms with Crippen molar-refractivity contribution in [3.63, 3.8) is 0 Å². The predicted octanol–water partition coefficient (Wildman–Crippen LogP) is 3.77. The van der Waals surface area contributed by atoms with Crippen LogP contribution in [0.3, 0.4) is 0 Å². The number of nitrogens with zero attached hydrogens (tertiary/aromatic N) is 1. The van der Waals surface area contributed by atoms with Gasteiger partial charge in [0.05, 0.1) is 9.77 Å². The monoisotopic (exact) mass is 420 g/mol. The van der Waals surface area contributed by atoms with Crippen molar-refractivity contribution in [1.29, 1.82) is 0 Å². The second kappa shape index (κ2) is 8.98. The van der Waals surface area contributed by atoms with Crippen molar-refractivity contribution in [2.45, 2.75) is 37.5 Å². The molecule has 1 aliphatic heterocycles. The normalized spacial score (nSPS) is 16.0. The number of ketones is 1. The van der Waals surface area contributed by atoms with Crippen molar-refractivity contribution in [2.75, 3.05) is 18.4 Å². The van der Waals surface area contributed by atoms with E-state index in [0.717, 1.165) is 12.8 Å². The van der Waals surface area contributed by atoms with Gasteiger partial charge in [0.25, 0.3) is 0 Å². The molecule has 0 atom stereocenters. The van der Waals surface area contributed by atoms with Crippen molar-refractivity contribution >= 4 is 38.7 Å². The number of hydrogen-bond donors (Lipinski definition) is 1. The second-order valence-corrected chi connectivity index (χ2v) is 9.95. The Labute approximate surface area is 169 Å². The molecule has 1 aliphatic rings. The molecule has 0 spiro atoms. The highest BCUT2D eigenvalue weighted by atomic mass is 32.2. The maximum absolute atomic E-state index is 12.7. The van der Waals surface area contributed by atoms with E-state index in [4.69, 9.17) is 0 Å². The molecule has 0 bridgehead atoms. The molecule has 6 nitrogen and oxygen atoms in total. The first-order valence-electron chi connectivity index (χ1n) is 9.33. The first-order chi connectivity index (χ1) is 13.4. The summed E-state index contributed by atoms with van der Waals surface area (Å²) in [6.07, 6.45) is 1.98. The molecular formula is C20H24N2O4S2. The van der Waals surface area contributed by atoms with Gasteiger partial charge in [0.2, 0.25) is 15.9 Å². The second-order valence-electron chi connectivity index (χ2n) is 7.06. The molecule has 1 N–H and O–H groups in total. The van der Waals surface area contributed by atoms with Crippen LogP contribution in [0.4, 0.5) is 5.69 Å². The number of carbonyl (C=O) groups is 2. The lowest BCUT2D eigenvalue weighted by atomic mass is 10.0. The van der Waals surface area contributed by atoms with Crippen LogP contribution >= 0.6 is 11.3 Å². The molecule has 1 saturated heterocycles. The summed E-state index contributed by atoms with van der Waals surface area (Å²) < 4.78 is 27.0. The van der Waals surface area contributed by atoms with Gasteiger partial charge in [0.1, 0.15) is 0 Å². The predicted molar refractivity (Wildman–Crippen MR) is 110 cm³/mol. The Morgan fingerprint density at radius 3 is 2.39 bits per heavy atom. The number of piperidine rings is 1. The first kappa shape index (κ1) is 20.7. The summed E-state index contributed by atoms with van der Waals surface area (Å²) in [5, 5.41) is 4.54. The molecule has 1 aromatic heterocycles.